The van der Waals surface area contributed by atoms with Crippen molar-refractivity contribution >= 4 is 11.8 Å². The van der Waals surface area contributed by atoms with Gasteiger partial charge in [-0.2, -0.15) is 0 Å². The average Bonchev–Trinajstić information content (AvgIpc) is 3.29. The van der Waals surface area contributed by atoms with Crippen LogP contribution in [0.5, 0.6) is 0 Å². The minimum absolute atomic E-state index is 0.102. The first-order valence-electron chi connectivity index (χ1n) is 9.44. The van der Waals surface area contributed by atoms with E-state index in [1.54, 1.807) is 29.4 Å². The number of aromatic nitrogens is 1. The monoisotopic (exact) mass is 383 g/mol. The summed E-state index contributed by atoms with van der Waals surface area (Å²) in [5.74, 6) is -0.988. The van der Waals surface area contributed by atoms with Crippen molar-refractivity contribution in [2.45, 2.75) is 31.5 Å². The van der Waals surface area contributed by atoms with Gasteiger partial charge in [0.15, 0.2) is 0 Å². The Morgan fingerprint density at radius 3 is 2.89 bits per heavy atom. The summed E-state index contributed by atoms with van der Waals surface area (Å²) in [5, 5.41) is 2.92. The Kier molecular flexibility index (Phi) is 5.34. The van der Waals surface area contributed by atoms with Gasteiger partial charge in [0.25, 0.3) is 0 Å². The molecule has 7 heteroatoms. The number of carbonyl (C=O) groups is 2. The van der Waals surface area contributed by atoms with Gasteiger partial charge in [-0.05, 0) is 35.7 Å². The lowest BCUT2D eigenvalue weighted by atomic mass is 10.0. The molecule has 3 heterocycles. The van der Waals surface area contributed by atoms with E-state index in [0.29, 0.717) is 31.7 Å². The lowest BCUT2D eigenvalue weighted by Gasteiger charge is -2.22. The number of amides is 2. The van der Waals surface area contributed by atoms with E-state index in [1.165, 1.54) is 12.1 Å². The third kappa shape index (κ3) is 3.89. The molecule has 0 saturated carbocycles. The van der Waals surface area contributed by atoms with Crippen LogP contribution in [0.1, 0.15) is 17.5 Å². The molecule has 2 saturated heterocycles. The molecular weight excluding hydrogens is 361 g/mol. The number of benzene rings is 1. The largest absolute Gasteiger partial charge is 0.375 e. The van der Waals surface area contributed by atoms with Crippen LogP contribution in [0.3, 0.4) is 0 Å². The summed E-state index contributed by atoms with van der Waals surface area (Å²) >= 11 is 0. The zero-order valence-electron chi connectivity index (χ0n) is 15.4. The van der Waals surface area contributed by atoms with Crippen LogP contribution >= 0.6 is 0 Å². The third-order valence-corrected chi connectivity index (χ3v) is 5.38. The summed E-state index contributed by atoms with van der Waals surface area (Å²) in [6.45, 7) is 1.24. The first-order valence-corrected chi connectivity index (χ1v) is 9.44. The van der Waals surface area contributed by atoms with E-state index in [9.17, 15) is 14.0 Å². The standard InChI is InChI=1S/C21H22FN3O3/c22-16-5-1-3-14(9-16)10-19(26)25-13-17(20-18(25)6-8-28-20)21(27)24-12-15-4-2-7-23-11-15/h1-5,7,9,11,17-18,20H,6,8,10,12-13H2,(H,24,27)/t17-,18-,20+/m1/s1. The van der Waals surface area contributed by atoms with E-state index in [2.05, 4.69) is 10.3 Å². The summed E-state index contributed by atoms with van der Waals surface area (Å²) in [6, 6.07) is 9.67. The van der Waals surface area contributed by atoms with Crippen LogP contribution in [0.4, 0.5) is 4.39 Å². The van der Waals surface area contributed by atoms with Gasteiger partial charge in [-0.1, -0.05) is 18.2 Å². The summed E-state index contributed by atoms with van der Waals surface area (Å²) in [7, 11) is 0. The second-order valence-electron chi connectivity index (χ2n) is 7.23. The molecule has 2 aliphatic rings. The van der Waals surface area contributed by atoms with Crippen molar-refractivity contribution < 1.29 is 18.7 Å². The highest BCUT2D eigenvalue weighted by molar-refractivity contribution is 5.84. The third-order valence-electron chi connectivity index (χ3n) is 5.38. The summed E-state index contributed by atoms with van der Waals surface area (Å²) in [6.07, 6.45) is 3.93. The average molecular weight is 383 g/mol. The molecule has 2 fully saturated rings. The van der Waals surface area contributed by atoms with Gasteiger partial charge in [0.1, 0.15) is 5.82 Å². The quantitative estimate of drug-likeness (QED) is 0.853. The maximum Gasteiger partial charge on any atom is 0.227 e. The van der Waals surface area contributed by atoms with Crippen molar-refractivity contribution in [1.82, 2.24) is 15.2 Å². The number of ether oxygens (including phenoxy) is 1. The second kappa shape index (κ2) is 8.06. The lowest BCUT2D eigenvalue weighted by Crippen LogP contribution is -2.38. The Labute approximate surface area is 162 Å². The Balaban J connectivity index is 1.41. The number of halogens is 1. The molecule has 1 N–H and O–H groups in total. The molecule has 0 unspecified atom stereocenters. The van der Waals surface area contributed by atoms with Gasteiger partial charge in [0.2, 0.25) is 11.8 Å². The van der Waals surface area contributed by atoms with Crippen LogP contribution in [-0.4, -0.2) is 47.0 Å². The number of pyridine rings is 1. The number of carbonyl (C=O) groups excluding carboxylic acids is 2. The van der Waals surface area contributed by atoms with Gasteiger partial charge in [-0.3, -0.25) is 14.6 Å². The molecule has 28 heavy (non-hydrogen) atoms. The molecule has 6 nitrogen and oxygen atoms in total. The van der Waals surface area contributed by atoms with Gasteiger partial charge >= 0.3 is 0 Å². The van der Waals surface area contributed by atoms with Crippen molar-refractivity contribution in [3.05, 3.63) is 65.7 Å². The van der Waals surface area contributed by atoms with Crippen molar-refractivity contribution in [3.8, 4) is 0 Å². The molecule has 3 atom stereocenters. The molecule has 146 valence electrons. The molecule has 0 spiro atoms. The molecule has 4 rings (SSSR count). The highest BCUT2D eigenvalue weighted by atomic mass is 19.1. The first-order chi connectivity index (χ1) is 13.6. The topological polar surface area (TPSA) is 71.5 Å². The number of nitrogens with one attached hydrogen (secondary N) is 1. The zero-order chi connectivity index (χ0) is 19.5. The highest BCUT2D eigenvalue weighted by Gasteiger charge is 2.50. The molecule has 2 aromatic rings. The lowest BCUT2D eigenvalue weighted by molar-refractivity contribution is -0.131. The van der Waals surface area contributed by atoms with Gasteiger partial charge in [-0.25, -0.2) is 4.39 Å². The van der Waals surface area contributed by atoms with Crippen LogP contribution in [0.25, 0.3) is 0 Å². The second-order valence-corrected chi connectivity index (χ2v) is 7.23. The summed E-state index contributed by atoms with van der Waals surface area (Å²) < 4.78 is 19.2. The number of nitrogens with zero attached hydrogens (tertiary/aromatic N) is 2. The summed E-state index contributed by atoms with van der Waals surface area (Å²) in [5.41, 5.74) is 1.54. The van der Waals surface area contributed by atoms with Crippen LogP contribution < -0.4 is 5.32 Å². The molecular formula is C21H22FN3O3. The predicted molar refractivity (Wildman–Crippen MR) is 99.5 cm³/mol. The van der Waals surface area contributed by atoms with Crippen LogP contribution in [0.2, 0.25) is 0 Å². The molecule has 0 radical (unpaired) electrons. The molecule has 1 aromatic carbocycles. The predicted octanol–water partition coefficient (Wildman–Crippen LogP) is 1.70. The Hall–Kier alpha value is -2.80. The first kappa shape index (κ1) is 18.6. The minimum Gasteiger partial charge on any atom is -0.375 e. The molecule has 0 aliphatic carbocycles. The van der Waals surface area contributed by atoms with Crippen molar-refractivity contribution in [1.29, 1.82) is 0 Å². The Bertz CT molecular complexity index is 861. The minimum atomic E-state index is -0.402. The van der Waals surface area contributed by atoms with Crippen LogP contribution in [0.15, 0.2) is 48.8 Å². The molecule has 2 amide bonds. The van der Waals surface area contributed by atoms with E-state index in [-0.39, 0.29) is 36.2 Å². The molecule has 1 aromatic heterocycles. The van der Waals surface area contributed by atoms with Crippen LogP contribution in [0, 0.1) is 11.7 Å². The summed E-state index contributed by atoms with van der Waals surface area (Å²) in [4.78, 5) is 31.3. The van der Waals surface area contributed by atoms with E-state index >= 15 is 0 Å². The van der Waals surface area contributed by atoms with Gasteiger partial charge in [-0.15, -0.1) is 0 Å². The fourth-order valence-corrected chi connectivity index (χ4v) is 4.03. The van der Waals surface area contributed by atoms with Crippen LogP contribution in [-0.2, 0) is 27.3 Å². The van der Waals surface area contributed by atoms with Crippen molar-refractivity contribution in [2.24, 2.45) is 5.92 Å². The van der Waals surface area contributed by atoms with Crippen molar-refractivity contribution in [3.63, 3.8) is 0 Å². The number of rotatable bonds is 5. The van der Waals surface area contributed by atoms with E-state index in [4.69, 9.17) is 4.74 Å². The highest BCUT2D eigenvalue weighted by Crippen LogP contribution is 2.34. The maximum absolute atomic E-state index is 13.4. The zero-order valence-corrected chi connectivity index (χ0v) is 15.4. The Morgan fingerprint density at radius 1 is 1.25 bits per heavy atom. The van der Waals surface area contributed by atoms with E-state index in [1.807, 2.05) is 12.1 Å². The van der Waals surface area contributed by atoms with Gasteiger partial charge < -0.3 is 15.0 Å². The number of hydrogen-bond acceptors (Lipinski definition) is 4. The smallest absolute Gasteiger partial charge is 0.227 e. The van der Waals surface area contributed by atoms with Crippen molar-refractivity contribution in [2.75, 3.05) is 13.2 Å². The van der Waals surface area contributed by atoms with E-state index < -0.39 is 5.92 Å². The normalized spacial score (nSPS) is 23.5. The van der Waals surface area contributed by atoms with E-state index in [0.717, 1.165) is 5.56 Å². The number of fused-ring (bicyclic) bond motifs is 1. The Morgan fingerprint density at radius 2 is 2.11 bits per heavy atom. The number of likely N-dealkylation sites (tertiary alicyclic amines) is 1. The molecule has 2 aliphatic heterocycles. The SMILES string of the molecule is O=C(NCc1cccnc1)[C@@H]1CN(C(=O)Cc2cccc(F)c2)[C@@H]2CCO[C@H]21. The maximum atomic E-state index is 13.4. The van der Waals surface area contributed by atoms with Gasteiger partial charge in [0, 0.05) is 32.1 Å². The van der Waals surface area contributed by atoms with Gasteiger partial charge in [0.05, 0.1) is 24.5 Å². The number of hydrogen-bond donors (Lipinski definition) is 1. The fraction of sp³-hybridized carbons (Fsp3) is 0.381. The fourth-order valence-electron chi connectivity index (χ4n) is 4.03. The molecule has 0 bridgehead atoms.